The standard InChI is InChI=1S/C21H28FN5O/c1-16(28)27-10-8-21-19(15-27)20(23-24-21)3-2-9-25-11-13-26(14-12-25)18-6-4-17(22)5-7-18/h4-7H,2-3,8-15H2,1H3,(H,23,24). The molecule has 7 heteroatoms. The molecule has 0 radical (unpaired) electrons. The number of carbonyl (C=O) groups excluding carboxylic acids is 1. The molecule has 0 aliphatic carbocycles. The number of carbonyl (C=O) groups is 1. The molecule has 0 spiro atoms. The van der Waals surface area contributed by atoms with Crippen LogP contribution in [0.3, 0.4) is 0 Å². The summed E-state index contributed by atoms with van der Waals surface area (Å²) in [6.45, 7) is 8.14. The molecule has 28 heavy (non-hydrogen) atoms. The molecule has 0 unspecified atom stereocenters. The van der Waals surface area contributed by atoms with E-state index < -0.39 is 0 Å². The average molecular weight is 385 g/mol. The van der Waals surface area contributed by atoms with Crippen molar-refractivity contribution in [2.75, 3.05) is 44.2 Å². The summed E-state index contributed by atoms with van der Waals surface area (Å²) in [5, 5.41) is 7.66. The minimum absolute atomic E-state index is 0.136. The third kappa shape index (κ3) is 4.19. The highest BCUT2D eigenvalue weighted by molar-refractivity contribution is 5.73. The molecule has 1 aromatic carbocycles. The Hall–Kier alpha value is -2.41. The largest absolute Gasteiger partial charge is 0.369 e. The van der Waals surface area contributed by atoms with E-state index in [-0.39, 0.29) is 11.7 Å². The molecule has 150 valence electrons. The number of amides is 1. The minimum atomic E-state index is -0.185. The third-order valence-corrected chi connectivity index (χ3v) is 5.92. The Kier molecular flexibility index (Phi) is 5.62. The fourth-order valence-electron chi connectivity index (χ4n) is 4.18. The van der Waals surface area contributed by atoms with Crippen molar-refractivity contribution in [3.63, 3.8) is 0 Å². The Balaban J connectivity index is 1.24. The fraction of sp³-hybridized carbons (Fsp3) is 0.524. The number of piperazine rings is 1. The Labute approximate surface area is 165 Å². The molecule has 2 aliphatic rings. The first-order valence-corrected chi connectivity index (χ1v) is 10.1. The van der Waals surface area contributed by atoms with Crippen LogP contribution < -0.4 is 4.90 Å². The number of aromatic amines is 1. The Morgan fingerprint density at radius 2 is 1.89 bits per heavy atom. The average Bonchev–Trinajstić information content (AvgIpc) is 3.11. The van der Waals surface area contributed by atoms with Crippen LogP contribution in [0.15, 0.2) is 24.3 Å². The van der Waals surface area contributed by atoms with E-state index in [1.807, 2.05) is 17.0 Å². The first-order chi connectivity index (χ1) is 13.6. The van der Waals surface area contributed by atoms with E-state index in [2.05, 4.69) is 20.0 Å². The van der Waals surface area contributed by atoms with Crippen LogP contribution in [-0.2, 0) is 24.2 Å². The van der Waals surface area contributed by atoms with Crippen molar-refractivity contribution in [1.29, 1.82) is 0 Å². The van der Waals surface area contributed by atoms with Gasteiger partial charge in [-0.1, -0.05) is 0 Å². The van der Waals surface area contributed by atoms with Gasteiger partial charge in [0.2, 0.25) is 5.91 Å². The van der Waals surface area contributed by atoms with Gasteiger partial charge in [0, 0.05) is 69.6 Å². The van der Waals surface area contributed by atoms with E-state index in [9.17, 15) is 9.18 Å². The van der Waals surface area contributed by atoms with E-state index in [1.54, 1.807) is 6.92 Å². The van der Waals surface area contributed by atoms with Crippen molar-refractivity contribution in [2.45, 2.75) is 32.7 Å². The SMILES string of the molecule is CC(=O)N1CCc2n[nH]c(CCCN3CCN(c4ccc(F)cc4)CC3)c2C1. The molecule has 4 rings (SSSR count). The maximum atomic E-state index is 13.1. The number of hydrogen-bond donors (Lipinski definition) is 1. The zero-order valence-electron chi connectivity index (χ0n) is 16.5. The van der Waals surface area contributed by atoms with Gasteiger partial charge in [0.15, 0.2) is 0 Å². The quantitative estimate of drug-likeness (QED) is 0.857. The number of fused-ring (bicyclic) bond motifs is 1. The molecule has 0 bridgehead atoms. The van der Waals surface area contributed by atoms with E-state index in [4.69, 9.17) is 0 Å². The Morgan fingerprint density at radius 1 is 1.14 bits per heavy atom. The summed E-state index contributed by atoms with van der Waals surface area (Å²) in [5.74, 6) is -0.0494. The molecule has 1 fully saturated rings. The van der Waals surface area contributed by atoms with Gasteiger partial charge in [0.25, 0.3) is 0 Å². The zero-order chi connectivity index (χ0) is 19.5. The van der Waals surface area contributed by atoms with Gasteiger partial charge >= 0.3 is 0 Å². The van der Waals surface area contributed by atoms with Crippen molar-refractivity contribution >= 4 is 11.6 Å². The third-order valence-electron chi connectivity index (χ3n) is 5.92. The second-order valence-electron chi connectivity index (χ2n) is 7.73. The molecule has 1 N–H and O–H groups in total. The molecule has 0 atom stereocenters. The summed E-state index contributed by atoms with van der Waals surface area (Å²) >= 11 is 0. The number of aryl methyl sites for hydroxylation is 1. The summed E-state index contributed by atoms with van der Waals surface area (Å²) in [6, 6.07) is 6.77. The minimum Gasteiger partial charge on any atom is -0.369 e. The van der Waals surface area contributed by atoms with E-state index in [0.717, 1.165) is 69.9 Å². The first kappa shape index (κ1) is 18.9. The number of halogens is 1. The lowest BCUT2D eigenvalue weighted by molar-refractivity contribution is -0.129. The van der Waals surface area contributed by atoms with E-state index in [1.165, 1.54) is 23.4 Å². The lowest BCUT2D eigenvalue weighted by Crippen LogP contribution is -2.46. The highest BCUT2D eigenvalue weighted by Crippen LogP contribution is 2.22. The smallest absolute Gasteiger partial charge is 0.219 e. The highest BCUT2D eigenvalue weighted by atomic mass is 19.1. The van der Waals surface area contributed by atoms with Gasteiger partial charge in [-0.05, 0) is 43.7 Å². The van der Waals surface area contributed by atoms with Gasteiger partial charge in [0.05, 0.1) is 5.69 Å². The number of H-pyrrole nitrogens is 1. The Morgan fingerprint density at radius 3 is 2.61 bits per heavy atom. The van der Waals surface area contributed by atoms with Crippen LogP contribution in [0, 0.1) is 5.82 Å². The predicted octanol–water partition coefficient (Wildman–Crippen LogP) is 2.21. The summed E-state index contributed by atoms with van der Waals surface area (Å²) in [5.41, 5.74) is 4.63. The van der Waals surface area contributed by atoms with Crippen molar-refractivity contribution in [3.8, 4) is 0 Å². The van der Waals surface area contributed by atoms with Crippen LogP contribution in [0.25, 0.3) is 0 Å². The van der Waals surface area contributed by atoms with Crippen LogP contribution in [0.2, 0.25) is 0 Å². The maximum Gasteiger partial charge on any atom is 0.219 e. The van der Waals surface area contributed by atoms with Crippen LogP contribution >= 0.6 is 0 Å². The summed E-state index contributed by atoms with van der Waals surface area (Å²) in [4.78, 5) is 18.4. The number of aromatic nitrogens is 2. The van der Waals surface area contributed by atoms with Crippen LogP contribution in [0.5, 0.6) is 0 Å². The van der Waals surface area contributed by atoms with Gasteiger partial charge in [-0.2, -0.15) is 5.10 Å². The number of benzene rings is 1. The highest BCUT2D eigenvalue weighted by Gasteiger charge is 2.23. The molecule has 1 aromatic heterocycles. The lowest BCUT2D eigenvalue weighted by Gasteiger charge is -2.36. The topological polar surface area (TPSA) is 55.5 Å². The summed E-state index contributed by atoms with van der Waals surface area (Å²) in [7, 11) is 0. The number of nitrogens with one attached hydrogen (secondary N) is 1. The van der Waals surface area contributed by atoms with Gasteiger partial charge in [-0.3, -0.25) is 14.8 Å². The molecule has 1 amide bonds. The zero-order valence-corrected chi connectivity index (χ0v) is 16.5. The van der Waals surface area contributed by atoms with E-state index >= 15 is 0 Å². The lowest BCUT2D eigenvalue weighted by atomic mass is 10.0. The van der Waals surface area contributed by atoms with Gasteiger partial charge in [0.1, 0.15) is 5.82 Å². The second kappa shape index (κ2) is 8.31. The number of hydrogen-bond acceptors (Lipinski definition) is 4. The van der Waals surface area contributed by atoms with Crippen LogP contribution in [0.4, 0.5) is 10.1 Å². The number of anilines is 1. The van der Waals surface area contributed by atoms with Crippen LogP contribution in [-0.4, -0.2) is 65.2 Å². The number of nitrogens with zero attached hydrogens (tertiary/aromatic N) is 4. The molecule has 0 saturated carbocycles. The molecule has 1 saturated heterocycles. The van der Waals surface area contributed by atoms with Crippen molar-refractivity contribution in [1.82, 2.24) is 20.0 Å². The summed E-state index contributed by atoms with van der Waals surface area (Å²) < 4.78 is 13.1. The van der Waals surface area contributed by atoms with Crippen LogP contribution in [0.1, 0.15) is 30.3 Å². The first-order valence-electron chi connectivity index (χ1n) is 10.1. The fourth-order valence-corrected chi connectivity index (χ4v) is 4.18. The van der Waals surface area contributed by atoms with Crippen molar-refractivity contribution in [2.24, 2.45) is 0 Å². The molecule has 2 aromatic rings. The monoisotopic (exact) mass is 385 g/mol. The van der Waals surface area contributed by atoms with Gasteiger partial charge in [-0.15, -0.1) is 0 Å². The Bertz CT molecular complexity index is 811. The summed E-state index contributed by atoms with van der Waals surface area (Å²) in [6.07, 6.45) is 2.88. The number of rotatable bonds is 5. The predicted molar refractivity (Wildman–Crippen MR) is 107 cm³/mol. The molecule has 2 aliphatic heterocycles. The molecule has 3 heterocycles. The maximum absolute atomic E-state index is 13.1. The normalized spacial score (nSPS) is 17.6. The van der Waals surface area contributed by atoms with Crippen molar-refractivity contribution < 1.29 is 9.18 Å². The van der Waals surface area contributed by atoms with Gasteiger partial charge < -0.3 is 9.80 Å². The van der Waals surface area contributed by atoms with Gasteiger partial charge in [-0.25, -0.2) is 4.39 Å². The van der Waals surface area contributed by atoms with Crippen molar-refractivity contribution in [3.05, 3.63) is 47.0 Å². The van der Waals surface area contributed by atoms with E-state index in [0.29, 0.717) is 6.54 Å². The molecule has 6 nitrogen and oxygen atoms in total. The molecular formula is C21H28FN5O. The molecular weight excluding hydrogens is 357 g/mol. The second-order valence-corrected chi connectivity index (χ2v) is 7.73.